The summed E-state index contributed by atoms with van der Waals surface area (Å²) < 4.78 is 0.945. The van der Waals surface area contributed by atoms with E-state index in [0.717, 1.165) is 34.2 Å². The lowest BCUT2D eigenvalue weighted by molar-refractivity contribution is 0.0954. The molecule has 0 saturated heterocycles. The molecule has 1 atom stereocenters. The summed E-state index contributed by atoms with van der Waals surface area (Å²) >= 11 is 3.35. The summed E-state index contributed by atoms with van der Waals surface area (Å²) in [5.74, 6) is 0.220. The number of hydrazone groups is 1. The van der Waals surface area contributed by atoms with E-state index in [1.165, 1.54) is 0 Å². The number of rotatable bonds is 3. The monoisotopic (exact) mass is 346 g/mol. The first-order valence-electron chi connectivity index (χ1n) is 6.92. The zero-order chi connectivity index (χ0) is 15.4. The fourth-order valence-corrected chi connectivity index (χ4v) is 2.47. The van der Waals surface area contributed by atoms with Gasteiger partial charge in [0.15, 0.2) is 0 Å². The molecule has 0 heterocycles. The number of carbonyl (C=O) groups is 1. The molecule has 1 aliphatic rings. The van der Waals surface area contributed by atoms with Crippen LogP contribution in [0.25, 0.3) is 0 Å². The molecule has 0 saturated carbocycles. The summed E-state index contributed by atoms with van der Waals surface area (Å²) in [6, 6.07) is 7.20. The van der Waals surface area contributed by atoms with Gasteiger partial charge in [0.25, 0.3) is 5.91 Å². The molecule has 1 aromatic carbocycles. The van der Waals surface area contributed by atoms with Crippen molar-refractivity contribution in [3.8, 4) is 0 Å². The van der Waals surface area contributed by atoms with Gasteiger partial charge >= 0.3 is 0 Å². The zero-order valence-electron chi connectivity index (χ0n) is 12.3. The Morgan fingerprint density at radius 1 is 1.38 bits per heavy atom. The van der Waals surface area contributed by atoms with Gasteiger partial charge in [-0.1, -0.05) is 34.2 Å². The molecular formula is C17H19BrN2O. The molecule has 110 valence electrons. The number of hydrogen-bond acceptors (Lipinski definition) is 2. The second kappa shape index (κ2) is 6.85. The van der Waals surface area contributed by atoms with Crippen LogP contribution in [-0.4, -0.2) is 11.6 Å². The molecular weight excluding hydrogens is 328 g/mol. The lowest BCUT2D eigenvalue weighted by Crippen LogP contribution is -2.23. The Balaban J connectivity index is 2.07. The summed E-state index contributed by atoms with van der Waals surface area (Å²) in [5.41, 5.74) is 6.45. The topological polar surface area (TPSA) is 41.5 Å². The molecule has 1 aliphatic carbocycles. The van der Waals surface area contributed by atoms with Crippen LogP contribution in [0.1, 0.15) is 37.0 Å². The molecule has 1 amide bonds. The smallest absolute Gasteiger partial charge is 0.267 e. The molecule has 0 aliphatic heterocycles. The predicted molar refractivity (Wildman–Crippen MR) is 90.3 cm³/mol. The van der Waals surface area contributed by atoms with Crippen molar-refractivity contribution < 1.29 is 4.79 Å². The van der Waals surface area contributed by atoms with E-state index in [4.69, 9.17) is 0 Å². The van der Waals surface area contributed by atoms with E-state index >= 15 is 0 Å². The molecule has 0 spiro atoms. The lowest BCUT2D eigenvalue weighted by atomic mass is 9.85. The number of nitrogens with one attached hydrogen (secondary N) is 1. The van der Waals surface area contributed by atoms with Gasteiger partial charge in [-0.05, 0) is 62.4 Å². The Kier molecular flexibility index (Phi) is 5.12. The first-order chi connectivity index (χ1) is 9.97. The van der Waals surface area contributed by atoms with Crippen LogP contribution in [0.2, 0.25) is 0 Å². The summed E-state index contributed by atoms with van der Waals surface area (Å²) in [4.78, 5) is 12.1. The van der Waals surface area contributed by atoms with Gasteiger partial charge in [-0.15, -0.1) is 0 Å². The van der Waals surface area contributed by atoms with E-state index < -0.39 is 0 Å². The lowest BCUT2D eigenvalue weighted by Gasteiger charge is -2.22. The molecule has 3 nitrogen and oxygen atoms in total. The first kappa shape index (κ1) is 15.7. The van der Waals surface area contributed by atoms with Crippen LogP contribution < -0.4 is 5.43 Å². The van der Waals surface area contributed by atoms with Gasteiger partial charge in [-0.25, -0.2) is 5.43 Å². The Morgan fingerprint density at radius 3 is 2.67 bits per heavy atom. The third-order valence-electron chi connectivity index (χ3n) is 3.70. The number of benzene rings is 1. The van der Waals surface area contributed by atoms with Crippen LogP contribution in [-0.2, 0) is 0 Å². The second-order valence-electron chi connectivity index (χ2n) is 5.38. The van der Waals surface area contributed by atoms with Crippen LogP contribution in [0.4, 0.5) is 0 Å². The SMILES string of the molecule is C=C(C)[C@@H]1CC=C(C)C(=NNC(=O)c2ccc(Br)cc2)C1. The Bertz CT molecular complexity index is 614. The molecule has 0 aromatic heterocycles. The fraction of sp³-hybridized carbons (Fsp3) is 0.294. The minimum absolute atomic E-state index is 0.194. The summed E-state index contributed by atoms with van der Waals surface area (Å²) in [6.07, 6.45) is 3.99. The number of carbonyl (C=O) groups excluding carboxylic acids is 1. The van der Waals surface area contributed by atoms with Crippen molar-refractivity contribution in [2.45, 2.75) is 26.7 Å². The summed E-state index contributed by atoms with van der Waals surface area (Å²) in [5, 5.41) is 4.29. The second-order valence-corrected chi connectivity index (χ2v) is 6.29. The Morgan fingerprint density at radius 2 is 2.05 bits per heavy atom. The maximum atomic E-state index is 12.1. The molecule has 0 unspecified atom stereocenters. The van der Waals surface area contributed by atoms with Crippen LogP contribution in [0.3, 0.4) is 0 Å². The molecule has 4 heteroatoms. The van der Waals surface area contributed by atoms with E-state index in [1.807, 2.05) is 26.0 Å². The number of halogens is 1. The Hall–Kier alpha value is -1.68. The van der Waals surface area contributed by atoms with Crippen LogP contribution in [0.15, 0.2) is 57.6 Å². The number of hydrogen-bond donors (Lipinski definition) is 1. The van der Waals surface area contributed by atoms with E-state index in [9.17, 15) is 4.79 Å². The van der Waals surface area contributed by atoms with Crippen LogP contribution in [0.5, 0.6) is 0 Å². The number of amides is 1. The zero-order valence-corrected chi connectivity index (χ0v) is 13.9. The van der Waals surface area contributed by atoms with E-state index in [1.54, 1.807) is 12.1 Å². The van der Waals surface area contributed by atoms with Crippen molar-refractivity contribution in [1.29, 1.82) is 0 Å². The van der Waals surface area contributed by atoms with E-state index in [-0.39, 0.29) is 5.91 Å². The average molecular weight is 347 g/mol. The normalized spacial score (nSPS) is 20.0. The summed E-state index contributed by atoms with van der Waals surface area (Å²) in [7, 11) is 0. The maximum absolute atomic E-state index is 12.1. The highest BCUT2D eigenvalue weighted by Crippen LogP contribution is 2.26. The molecule has 21 heavy (non-hydrogen) atoms. The molecule has 1 aromatic rings. The van der Waals surface area contributed by atoms with E-state index in [0.29, 0.717) is 11.5 Å². The first-order valence-corrected chi connectivity index (χ1v) is 7.71. The van der Waals surface area contributed by atoms with Gasteiger partial charge in [0, 0.05) is 10.0 Å². The third-order valence-corrected chi connectivity index (χ3v) is 4.23. The van der Waals surface area contributed by atoms with Crippen LogP contribution in [0, 0.1) is 5.92 Å². The minimum atomic E-state index is -0.194. The quantitative estimate of drug-likeness (QED) is 0.636. The van der Waals surface area contributed by atoms with Crippen molar-refractivity contribution in [2.24, 2.45) is 11.0 Å². The summed E-state index contributed by atoms with van der Waals surface area (Å²) in [6.45, 7) is 8.08. The highest BCUT2D eigenvalue weighted by atomic mass is 79.9. The molecule has 0 radical (unpaired) electrons. The van der Waals surface area contributed by atoms with Gasteiger partial charge < -0.3 is 0 Å². The van der Waals surface area contributed by atoms with Crippen molar-refractivity contribution in [1.82, 2.24) is 5.43 Å². The third kappa shape index (κ3) is 4.14. The predicted octanol–water partition coefficient (Wildman–Crippen LogP) is 4.47. The molecule has 0 bridgehead atoms. The number of nitrogens with zero attached hydrogens (tertiary/aromatic N) is 1. The highest BCUT2D eigenvalue weighted by Gasteiger charge is 2.18. The van der Waals surface area contributed by atoms with Gasteiger partial charge in [-0.2, -0.15) is 5.10 Å². The van der Waals surface area contributed by atoms with Gasteiger partial charge in [-0.3, -0.25) is 4.79 Å². The van der Waals surface area contributed by atoms with Crippen molar-refractivity contribution in [3.63, 3.8) is 0 Å². The van der Waals surface area contributed by atoms with Crippen LogP contribution >= 0.6 is 15.9 Å². The van der Waals surface area contributed by atoms with Gasteiger partial charge in [0.05, 0.1) is 5.71 Å². The molecule has 1 N–H and O–H groups in total. The van der Waals surface area contributed by atoms with Crippen molar-refractivity contribution >= 4 is 27.5 Å². The average Bonchev–Trinajstić information content (AvgIpc) is 2.46. The molecule has 2 rings (SSSR count). The highest BCUT2D eigenvalue weighted by molar-refractivity contribution is 9.10. The molecule has 0 fully saturated rings. The number of allylic oxidation sites excluding steroid dienone is 3. The maximum Gasteiger partial charge on any atom is 0.271 e. The van der Waals surface area contributed by atoms with Gasteiger partial charge in [0.1, 0.15) is 0 Å². The standard InChI is InChI=1S/C17H19BrN2O/c1-11(2)14-5-4-12(3)16(10-14)19-20-17(21)13-6-8-15(18)9-7-13/h4,6-9,14H,1,5,10H2,2-3H3,(H,20,21)/t14-/m1/s1. The van der Waals surface area contributed by atoms with Crippen molar-refractivity contribution in [2.75, 3.05) is 0 Å². The van der Waals surface area contributed by atoms with E-state index in [2.05, 4.69) is 39.1 Å². The van der Waals surface area contributed by atoms with Crippen molar-refractivity contribution in [3.05, 3.63) is 58.1 Å². The minimum Gasteiger partial charge on any atom is -0.267 e. The fourth-order valence-electron chi connectivity index (χ4n) is 2.21. The largest absolute Gasteiger partial charge is 0.271 e. The Labute approximate surface area is 134 Å². The van der Waals surface area contributed by atoms with Gasteiger partial charge in [0.2, 0.25) is 0 Å².